The molecule has 0 N–H and O–H groups in total. The Morgan fingerprint density at radius 1 is 1.18 bits per heavy atom. The van der Waals surface area contributed by atoms with E-state index in [-0.39, 0.29) is 0 Å². The zero-order chi connectivity index (χ0) is 15.4. The molecule has 22 heavy (non-hydrogen) atoms. The minimum absolute atomic E-state index is 0.592. The van der Waals surface area contributed by atoms with Crippen LogP contribution in [-0.2, 0) is 6.42 Å². The molecule has 0 fully saturated rings. The number of halogens is 2. The Balaban J connectivity index is 1.48. The Labute approximate surface area is 134 Å². The van der Waals surface area contributed by atoms with Gasteiger partial charge < -0.3 is 4.52 Å². The highest BCUT2D eigenvalue weighted by molar-refractivity contribution is 7.99. The lowest BCUT2D eigenvalue weighted by atomic mass is 10.3. The van der Waals surface area contributed by atoms with E-state index >= 15 is 0 Å². The normalized spacial score (nSPS) is 11.0. The van der Waals surface area contributed by atoms with Gasteiger partial charge in [-0.05, 0) is 41.8 Å². The van der Waals surface area contributed by atoms with E-state index in [0.717, 1.165) is 23.1 Å². The number of rotatable bonds is 6. The van der Waals surface area contributed by atoms with Crippen molar-refractivity contribution in [3.8, 4) is 10.7 Å². The number of hydrogen-bond donors (Lipinski definition) is 0. The highest BCUT2D eigenvalue weighted by atomic mass is 32.2. The van der Waals surface area contributed by atoms with Gasteiger partial charge in [0.2, 0.25) is 11.7 Å². The molecule has 3 rings (SSSR count). The van der Waals surface area contributed by atoms with E-state index in [9.17, 15) is 8.78 Å². The van der Waals surface area contributed by atoms with Gasteiger partial charge in [0.1, 0.15) is 0 Å². The van der Waals surface area contributed by atoms with Crippen molar-refractivity contribution in [3.05, 3.63) is 53.2 Å². The molecule has 0 spiro atoms. The first-order valence-corrected chi connectivity index (χ1v) is 8.53. The third kappa shape index (κ3) is 3.72. The summed E-state index contributed by atoms with van der Waals surface area (Å²) in [5, 5.41) is 5.91. The molecule has 0 aliphatic heterocycles. The second kappa shape index (κ2) is 7.02. The van der Waals surface area contributed by atoms with Crippen molar-refractivity contribution in [2.75, 3.05) is 5.75 Å². The van der Waals surface area contributed by atoms with Crippen LogP contribution in [0.5, 0.6) is 0 Å². The Morgan fingerprint density at radius 3 is 2.86 bits per heavy atom. The summed E-state index contributed by atoms with van der Waals surface area (Å²) in [6.07, 6.45) is 1.48. The lowest BCUT2D eigenvalue weighted by molar-refractivity contribution is 0.378. The quantitative estimate of drug-likeness (QED) is 0.478. The van der Waals surface area contributed by atoms with Crippen molar-refractivity contribution in [1.82, 2.24) is 10.1 Å². The summed E-state index contributed by atoms with van der Waals surface area (Å²) in [4.78, 5) is 6.03. The molecule has 1 aromatic carbocycles. The minimum Gasteiger partial charge on any atom is -0.339 e. The van der Waals surface area contributed by atoms with Crippen LogP contribution >= 0.6 is 23.1 Å². The average Bonchev–Trinajstić information content (AvgIpc) is 3.17. The van der Waals surface area contributed by atoms with Crippen molar-refractivity contribution >= 4 is 23.1 Å². The van der Waals surface area contributed by atoms with E-state index < -0.39 is 11.6 Å². The van der Waals surface area contributed by atoms with Crippen molar-refractivity contribution < 1.29 is 13.3 Å². The molecular formula is C15H12F2N2OS2. The van der Waals surface area contributed by atoms with E-state index in [0.29, 0.717) is 23.0 Å². The molecule has 0 bridgehead atoms. The molecule has 7 heteroatoms. The van der Waals surface area contributed by atoms with Crippen molar-refractivity contribution in [1.29, 1.82) is 0 Å². The zero-order valence-corrected chi connectivity index (χ0v) is 13.1. The molecule has 0 saturated carbocycles. The van der Waals surface area contributed by atoms with Crippen LogP contribution in [0.3, 0.4) is 0 Å². The van der Waals surface area contributed by atoms with Gasteiger partial charge in [-0.25, -0.2) is 8.78 Å². The third-order valence-corrected chi connectivity index (χ3v) is 4.85. The zero-order valence-electron chi connectivity index (χ0n) is 11.5. The number of aryl methyl sites for hydroxylation is 1. The summed E-state index contributed by atoms with van der Waals surface area (Å²) < 4.78 is 31.1. The van der Waals surface area contributed by atoms with Crippen molar-refractivity contribution in [3.63, 3.8) is 0 Å². The van der Waals surface area contributed by atoms with Gasteiger partial charge in [-0.3, -0.25) is 0 Å². The predicted molar refractivity (Wildman–Crippen MR) is 83.0 cm³/mol. The van der Waals surface area contributed by atoms with E-state index in [1.165, 1.54) is 17.8 Å². The fourth-order valence-electron chi connectivity index (χ4n) is 1.84. The maximum Gasteiger partial charge on any atom is 0.227 e. The smallest absolute Gasteiger partial charge is 0.227 e. The summed E-state index contributed by atoms with van der Waals surface area (Å²) in [5.41, 5.74) is 0. The lowest BCUT2D eigenvalue weighted by Gasteiger charge is -2.01. The second-order valence-corrected chi connectivity index (χ2v) is 6.63. The molecular weight excluding hydrogens is 326 g/mol. The number of thioether (sulfide) groups is 1. The molecule has 0 amide bonds. The maximum atomic E-state index is 13.1. The van der Waals surface area contributed by atoms with E-state index in [1.54, 1.807) is 17.4 Å². The molecule has 0 radical (unpaired) electrons. The molecule has 2 heterocycles. The molecule has 0 aliphatic carbocycles. The molecule has 3 nitrogen and oxygen atoms in total. The summed E-state index contributed by atoms with van der Waals surface area (Å²) in [7, 11) is 0. The fraction of sp³-hybridized carbons (Fsp3) is 0.200. The molecule has 0 saturated heterocycles. The van der Waals surface area contributed by atoms with Gasteiger partial charge in [0.25, 0.3) is 0 Å². The average molecular weight is 338 g/mol. The van der Waals surface area contributed by atoms with Crippen LogP contribution in [-0.4, -0.2) is 15.9 Å². The number of nitrogens with zero attached hydrogens (tertiary/aromatic N) is 2. The van der Waals surface area contributed by atoms with Crippen molar-refractivity contribution in [2.45, 2.75) is 17.7 Å². The van der Waals surface area contributed by atoms with Gasteiger partial charge in [0, 0.05) is 11.3 Å². The van der Waals surface area contributed by atoms with Crippen LogP contribution < -0.4 is 0 Å². The summed E-state index contributed by atoms with van der Waals surface area (Å²) in [5.74, 6) is 0.327. The molecule has 0 atom stereocenters. The van der Waals surface area contributed by atoms with Gasteiger partial charge in [-0.2, -0.15) is 4.98 Å². The standard InChI is InChI=1S/C15H12F2N2OS2/c16-11-6-5-10(9-12(11)17)21-7-2-4-14-18-15(19-20-14)13-3-1-8-22-13/h1,3,5-6,8-9H,2,4,7H2. The van der Waals surface area contributed by atoms with E-state index in [1.807, 2.05) is 17.5 Å². The van der Waals surface area contributed by atoms with E-state index in [2.05, 4.69) is 10.1 Å². The number of hydrogen-bond acceptors (Lipinski definition) is 5. The SMILES string of the molecule is Fc1ccc(SCCCc2nc(-c3cccs3)no2)cc1F. The van der Waals surface area contributed by atoms with Gasteiger partial charge >= 0.3 is 0 Å². The molecule has 0 aliphatic rings. The maximum absolute atomic E-state index is 13.1. The second-order valence-electron chi connectivity index (χ2n) is 4.52. The van der Waals surface area contributed by atoms with E-state index in [4.69, 9.17) is 4.52 Å². The summed E-state index contributed by atoms with van der Waals surface area (Å²) >= 11 is 3.03. The fourth-order valence-corrected chi connectivity index (χ4v) is 3.37. The highest BCUT2D eigenvalue weighted by Gasteiger charge is 2.09. The van der Waals surface area contributed by atoms with Gasteiger partial charge in [0.05, 0.1) is 4.88 Å². The Kier molecular flexibility index (Phi) is 4.84. The van der Waals surface area contributed by atoms with Crippen LogP contribution in [0, 0.1) is 11.6 Å². The van der Waals surface area contributed by atoms with Crippen molar-refractivity contribution in [2.24, 2.45) is 0 Å². The van der Waals surface area contributed by atoms with Gasteiger partial charge in [0.15, 0.2) is 11.6 Å². The number of benzene rings is 1. The first kappa shape index (κ1) is 15.2. The minimum atomic E-state index is -0.823. The molecule has 0 unspecified atom stereocenters. The first-order chi connectivity index (χ1) is 10.7. The Hall–Kier alpha value is -1.73. The monoisotopic (exact) mass is 338 g/mol. The number of aromatic nitrogens is 2. The van der Waals surface area contributed by atoms with Crippen LogP contribution in [0.15, 0.2) is 45.1 Å². The number of thiophene rings is 1. The topological polar surface area (TPSA) is 38.9 Å². The predicted octanol–water partition coefficient (Wildman–Crippen LogP) is 4.80. The first-order valence-electron chi connectivity index (χ1n) is 6.67. The largest absolute Gasteiger partial charge is 0.339 e. The molecule has 2 aromatic heterocycles. The van der Waals surface area contributed by atoms with Crippen LogP contribution in [0.1, 0.15) is 12.3 Å². The lowest BCUT2D eigenvalue weighted by Crippen LogP contribution is -1.89. The van der Waals surface area contributed by atoms with Gasteiger partial charge in [-0.15, -0.1) is 23.1 Å². The van der Waals surface area contributed by atoms with Gasteiger partial charge in [-0.1, -0.05) is 11.2 Å². The summed E-state index contributed by atoms with van der Waals surface area (Å²) in [6.45, 7) is 0. The Bertz CT molecular complexity index is 744. The van der Waals surface area contributed by atoms with Crippen LogP contribution in [0.2, 0.25) is 0 Å². The highest BCUT2D eigenvalue weighted by Crippen LogP contribution is 2.23. The molecule has 3 aromatic rings. The van der Waals surface area contributed by atoms with Crippen LogP contribution in [0.4, 0.5) is 8.78 Å². The molecule has 114 valence electrons. The third-order valence-electron chi connectivity index (χ3n) is 2.90. The summed E-state index contributed by atoms with van der Waals surface area (Å²) in [6, 6.07) is 7.81. The Morgan fingerprint density at radius 2 is 2.09 bits per heavy atom. The van der Waals surface area contributed by atoms with Crippen LogP contribution in [0.25, 0.3) is 10.7 Å².